The molecule has 1 saturated heterocycles. The van der Waals surface area contributed by atoms with Crippen LogP contribution in [0.15, 0.2) is 24.8 Å². The molecule has 0 saturated carbocycles. The maximum absolute atomic E-state index is 3.86. The summed E-state index contributed by atoms with van der Waals surface area (Å²) in [5.41, 5.74) is 4.89. The van der Waals surface area contributed by atoms with Crippen LogP contribution in [0.3, 0.4) is 0 Å². The highest BCUT2D eigenvalue weighted by Gasteiger charge is 2.38. The Kier molecular flexibility index (Phi) is 2.36. The first-order valence-electron chi connectivity index (χ1n) is 6.31. The number of aryl methyl sites for hydroxylation is 1. The Labute approximate surface area is 97.6 Å². The van der Waals surface area contributed by atoms with Gasteiger partial charge in [-0.15, -0.1) is 0 Å². The van der Waals surface area contributed by atoms with Crippen molar-refractivity contribution in [2.75, 3.05) is 13.1 Å². The largest absolute Gasteiger partial charge is 0.316 e. The van der Waals surface area contributed by atoms with Gasteiger partial charge in [-0.3, -0.25) is 0 Å². The minimum atomic E-state index is 0.452. The van der Waals surface area contributed by atoms with Crippen LogP contribution in [0.25, 0.3) is 6.08 Å². The molecule has 0 amide bonds. The predicted molar refractivity (Wildman–Crippen MR) is 68.6 cm³/mol. The van der Waals surface area contributed by atoms with Gasteiger partial charge in [0, 0.05) is 12.0 Å². The molecule has 84 valence electrons. The van der Waals surface area contributed by atoms with Gasteiger partial charge in [0.25, 0.3) is 0 Å². The van der Waals surface area contributed by atoms with Gasteiger partial charge in [-0.05, 0) is 48.9 Å². The van der Waals surface area contributed by atoms with Crippen LogP contribution in [-0.4, -0.2) is 13.1 Å². The average molecular weight is 213 g/mol. The van der Waals surface area contributed by atoms with E-state index < -0.39 is 0 Å². The molecular weight excluding hydrogens is 194 g/mol. The van der Waals surface area contributed by atoms with Crippen LogP contribution >= 0.6 is 0 Å². The third-order valence-corrected chi connectivity index (χ3v) is 4.28. The Hall–Kier alpha value is -1.08. The Bertz CT molecular complexity index is 413. The van der Waals surface area contributed by atoms with Gasteiger partial charge in [0.05, 0.1) is 0 Å². The van der Waals surface area contributed by atoms with Crippen LogP contribution in [0.1, 0.15) is 36.0 Å². The van der Waals surface area contributed by atoms with Crippen molar-refractivity contribution >= 4 is 6.08 Å². The van der Waals surface area contributed by atoms with Gasteiger partial charge in [-0.1, -0.05) is 30.9 Å². The summed E-state index contributed by atoms with van der Waals surface area (Å²) in [4.78, 5) is 0. The Balaban J connectivity index is 2.08. The maximum atomic E-state index is 3.86. The van der Waals surface area contributed by atoms with Crippen molar-refractivity contribution in [3.63, 3.8) is 0 Å². The summed E-state index contributed by atoms with van der Waals surface area (Å²) in [5, 5.41) is 3.53. The molecule has 1 spiro atoms. The quantitative estimate of drug-likeness (QED) is 0.756. The molecule has 16 heavy (non-hydrogen) atoms. The molecule has 1 aliphatic heterocycles. The third kappa shape index (κ3) is 1.42. The van der Waals surface area contributed by atoms with Gasteiger partial charge >= 0.3 is 0 Å². The van der Waals surface area contributed by atoms with Crippen LogP contribution in [0.2, 0.25) is 0 Å². The van der Waals surface area contributed by atoms with E-state index in [1.54, 1.807) is 11.1 Å². The van der Waals surface area contributed by atoms with Gasteiger partial charge in [0.1, 0.15) is 0 Å². The van der Waals surface area contributed by atoms with E-state index in [-0.39, 0.29) is 0 Å². The lowest BCUT2D eigenvalue weighted by Gasteiger charge is -2.35. The number of benzene rings is 1. The Morgan fingerprint density at radius 1 is 1.31 bits per heavy atom. The van der Waals surface area contributed by atoms with Crippen molar-refractivity contribution < 1.29 is 0 Å². The molecule has 1 atom stereocenters. The molecule has 1 unspecified atom stereocenters. The molecule has 1 N–H and O–H groups in total. The molecule has 0 radical (unpaired) electrons. The summed E-state index contributed by atoms with van der Waals surface area (Å²) < 4.78 is 0. The Morgan fingerprint density at radius 3 is 3.00 bits per heavy atom. The van der Waals surface area contributed by atoms with Crippen LogP contribution in [0, 0.1) is 0 Å². The Morgan fingerprint density at radius 2 is 2.25 bits per heavy atom. The monoisotopic (exact) mass is 213 g/mol. The van der Waals surface area contributed by atoms with Crippen LogP contribution < -0.4 is 5.32 Å². The van der Waals surface area contributed by atoms with Gasteiger partial charge < -0.3 is 5.32 Å². The number of nitrogens with one attached hydrogen (secondary N) is 1. The summed E-state index contributed by atoms with van der Waals surface area (Å²) in [5.74, 6) is 0. The summed E-state index contributed by atoms with van der Waals surface area (Å²) in [6.07, 6.45) is 7.22. The molecule has 1 heteroatoms. The van der Waals surface area contributed by atoms with E-state index in [4.69, 9.17) is 0 Å². The summed E-state index contributed by atoms with van der Waals surface area (Å²) in [6, 6.07) is 6.90. The van der Waals surface area contributed by atoms with E-state index in [0.29, 0.717) is 5.41 Å². The van der Waals surface area contributed by atoms with Crippen molar-refractivity contribution in [1.82, 2.24) is 5.32 Å². The summed E-state index contributed by atoms with van der Waals surface area (Å²) >= 11 is 0. The van der Waals surface area contributed by atoms with Gasteiger partial charge in [0.15, 0.2) is 0 Å². The first-order chi connectivity index (χ1) is 7.84. The minimum Gasteiger partial charge on any atom is -0.316 e. The molecule has 1 nitrogen and oxygen atoms in total. The normalized spacial score (nSPS) is 28.0. The van der Waals surface area contributed by atoms with E-state index in [1.165, 1.54) is 44.3 Å². The highest BCUT2D eigenvalue weighted by Crippen LogP contribution is 2.41. The van der Waals surface area contributed by atoms with E-state index in [9.17, 15) is 0 Å². The molecule has 1 aromatic rings. The topological polar surface area (TPSA) is 12.0 Å². The standard InChI is InChI=1S/C15H19N/c1-2-12-5-6-14-13(10-12)4-3-7-15(14)8-9-16-11-15/h2,5-6,10,16H,1,3-4,7-9,11H2. The fraction of sp³-hybridized carbons (Fsp3) is 0.467. The van der Waals surface area contributed by atoms with E-state index in [0.717, 1.165) is 0 Å². The third-order valence-electron chi connectivity index (χ3n) is 4.28. The number of hydrogen-bond donors (Lipinski definition) is 1. The maximum Gasteiger partial charge on any atom is 0.00926 e. The molecule has 0 aromatic heterocycles. The minimum absolute atomic E-state index is 0.452. The molecule has 1 aliphatic carbocycles. The zero-order valence-corrected chi connectivity index (χ0v) is 9.76. The lowest BCUT2D eigenvalue weighted by Crippen LogP contribution is -2.33. The highest BCUT2D eigenvalue weighted by molar-refractivity contribution is 5.52. The highest BCUT2D eigenvalue weighted by atomic mass is 14.9. The molecule has 1 aromatic carbocycles. The molecule has 1 heterocycles. The van der Waals surface area contributed by atoms with Gasteiger partial charge in [0.2, 0.25) is 0 Å². The fourth-order valence-electron chi connectivity index (χ4n) is 3.40. The first kappa shape index (κ1) is 10.1. The van der Waals surface area contributed by atoms with E-state index >= 15 is 0 Å². The smallest absolute Gasteiger partial charge is 0.00926 e. The second-order valence-electron chi connectivity index (χ2n) is 5.18. The molecular formula is C15H19N. The van der Waals surface area contributed by atoms with Crippen LogP contribution in [-0.2, 0) is 11.8 Å². The number of hydrogen-bond acceptors (Lipinski definition) is 1. The SMILES string of the molecule is C=Cc1ccc2c(c1)CCCC21CCNC1. The van der Waals surface area contributed by atoms with Crippen LogP contribution in [0.4, 0.5) is 0 Å². The summed E-state index contributed by atoms with van der Waals surface area (Å²) in [6.45, 7) is 6.21. The molecule has 0 bridgehead atoms. The predicted octanol–water partition coefficient (Wildman–Crippen LogP) is 2.90. The van der Waals surface area contributed by atoms with Crippen molar-refractivity contribution in [2.24, 2.45) is 0 Å². The fourth-order valence-corrected chi connectivity index (χ4v) is 3.40. The van der Waals surface area contributed by atoms with Crippen molar-refractivity contribution in [3.05, 3.63) is 41.5 Å². The number of rotatable bonds is 1. The van der Waals surface area contributed by atoms with Crippen molar-refractivity contribution in [1.29, 1.82) is 0 Å². The summed E-state index contributed by atoms with van der Waals surface area (Å²) in [7, 11) is 0. The lowest BCUT2D eigenvalue weighted by molar-refractivity contribution is 0.393. The van der Waals surface area contributed by atoms with Gasteiger partial charge in [-0.2, -0.15) is 0 Å². The first-order valence-corrected chi connectivity index (χ1v) is 6.31. The van der Waals surface area contributed by atoms with Crippen molar-refractivity contribution in [2.45, 2.75) is 31.1 Å². The van der Waals surface area contributed by atoms with Gasteiger partial charge in [-0.25, -0.2) is 0 Å². The average Bonchev–Trinajstić information content (AvgIpc) is 2.78. The zero-order valence-electron chi connectivity index (χ0n) is 9.76. The second-order valence-corrected chi connectivity index (χ2v) is 5.18. The zero-order chi connectivity index (χ0) is 11.0. The second kappa shape index (κ2) is 3.74. The molecule has 2 aliphatic rings. The molecule has 1 fully saturated rings. The van der Waals surface area contributed by atoms with E-state index in [2.05, 4.69) is 30.1 Å². The lowest BCUT2D eigenvalue weighted by atomic mass is 9.69. The molecule has 3 rings (SSSR count). The van der Waals surface area contributed by atoms with Crippen LogP contribution in [0.5, 0.6) is 0 Å². The van der Waals surface area contributed by atoms with E-state index in [1.807, 2.05) is 6.08 Å². The number of fused-ring (bicyclic) bond motifs is 2. The van der Waals surface area contributed by atoms with Crippen molar-refractivity contribution in [3.8, 4) is 0 Å².